The number of aryl methyl sites for hydroxylation is 3. The maximum Gasteiger partial charge on any atom is 0.206 e. The number of aromatic nitrogens is 1. The van der Waals surface area contributed by atoms with Crippen LogP contribution < -0.4 is 11.1 Å². The topological polar surface area (TPSA) is 68.0 Å². The summed E-state index contributed by atoms with van der Waals surface area (Å²) in [5.41, 5.74) is 11.0. The van der Waals surface area contributed by atoms with Gasteiger partial charge in [0.25, 0.3) is 0 Å². The molecule has 0 atom stereocenters. The molecule has 3 rings (SSSR count). The van der Waals surface area contributed by atoms with E-state index in [1.807, 2.05) is 50.2 Å². The molecule has 0 aliphatic heterocycles. The fourth-order valence-corrected chi connectivity index (χ4v) is 3.31. The van der Waals surface area contributed by atoms with Crippen molar-refractivity contribution in [3.8, 4) is 0 Å². The van der Waals surface area contributed by atoms with Crippen LogP contribution in [0.4, 0.5) is 16.6 Å². The van der Waals surface area contributed by atoms with Crippen molar-refractivity contribution in [1.29, 1.82) is 0 Å². The minimum absolute atomic E-state index is 0.0984. The highest BCUT2D eigenvalue weighted by Gasteiger charge is 2.18. The molecular formula is C19H19N3OS. The molecule has 5 heteroatoms. The molecular weight excluding hydrogens is 318 g/mol. The number of thiazole rings is 1. The van der Waals surface area contributed by atoms with Crippen LogP contribution in [0, 0.1) is 20.8 Å². The molecule has 0 radical (unpaired) electrons. The molecule has 3 N–H and O–H groups in total. The Kier molecular flexibility index (Phi) is 4.36. The van der Waals surface area contributed by atoms with Gasteiger partial charge in [0.2, 0.25) is 5.78 Å². The molecule has 24 heavy (non-hydrogen) atoms. The fraction of sp³-hybridized carbons (Fsp3) is 0.158. The van der Waals surface area contributed by atoms with Crippen molar-refractivity contribution >= 4 is 33.8 Å². The molecule has 0 aliphatic rings. The number of rotatable bonds is 4. The summed E-state index contributed by atoms with van der Waals surface area (Å²) >= 11 is 1.28. The van der Waals surface area contributed by atoms with Gasteiger partial charge in [0, 0.05) is 11.3 Å². The van der Waals surface area contributed by atoms with Crippen molar-refractivity contribution in [1.82, 2.24) is 4.98 Å². The van der Waals surface area contributed by atoms with Crippen LogP contribution in [0.3, 0.4) is 0 Å². The van der Waals surface area contributed by atoms with Crippen LogP contribution in [0.25, 0.3) is 0 Å². The number of nitrogens with zero attached hydrogens (tertiary/aromatic N) is 1. The van der Waals surface area contributed by atoms with E-state index in [4.69, 9.17) is 5.73 Å². The largest absolute Gasteiger partial charge is 0.382 e. The number of nitrogens with one attached hydrogen (secondary N) is 1. The molecule has 0 spiro atoms. The summed E-state index contributed by atoms with van der Waals surface area (Å²) in [6.07, 6.45) is 0. The first-order valence-corrected chi connectivity index (χ1v) is 8.47. The first-order valence-electron chi connectivity index (χ1n) is 7.66. The highest BCUT2D eigenvalue weighted by Crippen LogP contribution is 2.30. The van der Waals surface area contributed by atoms with Crippen molar-refractivity contribution in [3.05, 3.63) is 69.6 Å². The van der Waals surface area contributed by atoms with Crippen molar-refractivity contribution < 1.29 is 4.79 Å². The Morgan fingerprint density at radius 1 is 1.04 bits per heavy atom. The SMILES string of the molecule is Cc1ccc(C(=O)c2sc(Nc3ccc(C)cc3C)nc2N)cc1. The third-order valence-corrected chi connectivity index (χ3v) is 4.78. The third-order valence-electron chi connectivity index (χ3n) is 3.80. The predicted molar refractivity (Wildman–Crippen MR) is 100 cm³/mol. The summed E-state index contributed by atoms with van der Waals surface area (Å²) in [7, 11) is 0. The van der Waals surface area contributed by atoms with E-state index >= 15 is 0 Å². The van der Waals surface area contributed by atoms with Crippen LogP contribution in [0.1, 0.15) is 31.9 Å². The summed E-state index contributed by atoms with van der Waals surface area (Å²) < 4.78 is 0. The standard InChI is InChI=1S/C19H19N3OS/c1-11-4-7-14(8-5-11)16(23)17-18(20)22-19(24-17)21-15-9-6-12(2)10-13(15)3/h4-10H,20H2,1-3H3,(H,21,22). The van der Waals surface area contributed by atoms with Gasteiger partial charge in [0.1, 0.15) is 10.7 Å². The number of hydrogen-bond donors (Lipinski definition) is 2. The zero-order chi connectivity index (χ0) is 17.3. The van der Waals surface area contributed by atoms with Gasteiger partial charge in [-0.1, -0.05) is 58.9 Å². The van der Waals surface area contributed by atoms with Gasteiger partial charge in [-0.3, -0.25) is 4.79 Å². The molecule has 0 saturated carbocycles. The Labute approximate surface area is 145 Å². The highest BCUT2D eigenvalue weighted by atomic mass is 32.1. The van der Waals surface area contributed by atoms with Gasteiger partial charge in [-0.05, 0) is 32.4 Å². The lowest BCUT2D eigenvalue weighted by atomic mass is 10.1. The van der Waals surface area contributed by atoms with Crippen LogP contribution in [0.5, 0.6) is 0 Å². The van der Waals surface area contributed by atoms with Crippen molar-refractivity contribution in [2.75, 3.05) is 11.1 Å². The second-order valence-electron chi connectivity index (χ2n) is 5.87. The maximum atomic E-state index is 12.6. The van der Waals surface area contributed by atoms with Crippen LogP contribution in [0.2, 0.25) is 0 Å². The van der Waals surface area contributed by atoms with Crippen molar-refractivity contribution in [2.24, 2.45) is 0 Å². The van der Waals surface area contributed by atoms with Crippen LogP contribution in [-0.2, 0) is 0 Å². The Hall–Kier alpha value is -2.66. The number of carbonyl (C=O) groups is 1. The van der Waals surface area contributed by atoms with Gasteiger partial charge in [-0.15, -0.1) is 0 Å². The van der Waals surface area contributed by atoms with Gasteiger partial charge in [-0.2, -0.15) is 0 Å². The number of carbonyl (C=O) groups excluding carboxylic acids is 1. The normalized spacial score (nSPS) is 10.6. The predicted octanol–water partition coefficient (Wildman–Crippen LogP) is 4.63. The number of ketones is 1. The van der Waals surface area contributed by atoms with E-state index in [1.165, 1.54) is 16.9 Å². The molecule has 0 aliphatic carbocycles. The Bertz CT molecular complexity index is 897. The number of anilines is 3. The van der Waals surface area contributed by atoms with E-state index in [2.05, 4.69) is 23.3 Å². The molecule has 4 nitrogen and oxygen atoms in total. The molecule has 0 bridgehead atoms. The molecule has 1 aromatic heterocycles. The van der Waals surface area contributed by atoms with E-state index in [-0.39, 0.29) is 11.6 Å². The van der Waals surface area contributed by atoms with Crippen molar-refractivity contribution in [3.63, 3.8) is 0 Å². The number of nitrogen functional groups attached to an aromatic ring is 1. The second-order valence-corrected chi connectivity index (χ2v) is 6.87. The molecule has 0 saturated heterocycles. The van der Waals surface area contributed by atoms with E-state index in [9.17, 15) is 4.79 Å². The molecule has 0 amide bonds. The van der Waals surface area contributed by atoms with E-state index in [0.717, 1.165) is 16.8 Å². The van der Waals surface area contributed by atoms with E-state index < -0.39 is 0 Å². The Balaban J connectivity index is 1.87. The molecule has 1 heterocycles. The Morgan fingerprint density at radius 3 is 2.38 bits per heavy atom. The van der Waals surface area contributed by atoms with Gasteiger partial charge < -0.3 is 11.1 Å². The quantitative estimate of drug-likeness (QED) is 0.681. The third kappa shape index (κ3) is 3.31. The minimum Gasteiger partial charge on any atom is -0.382 e. The average molecular weight is 337 g/mol. The number of benzene rings is 2. The lowest BCUT2D eigenvalue weighted by Gasteiger charge is -2.07. The second kappa shape index (κ2) is 6.45. The summed E-state index contributed by atoms with van der Waals surface area (Å²) in [6, 6.07) is 13.6. The van der Waals surface area contributed by atoms with Gasteiger partial charge >= 0.3 is 0 Å². The maximum absolute atomic E-state index is 12.6. The van der Waals surface area contributed by atoms with E-state index in [1.54, 1.807) is 0 Å². The molecule has 3 aromatic rings. The number of nitrogens with two attached hydrogens (primary N) is 1. The highest BCUT2D eigenvalue weighted by molar-refractivity contribution is 7.18. The fourth-order valence-electron chi connectivity index (χ4n) is 2.45. The average Bonchev–Trinajstić information content (AvgIpc) is 2.91. The van der Waals surface area contributed by atoms with E-state index in [0.29, 0.717) is 15.6 Å². The summed E-state index contributed by atoms with van der Waals surface area (Å²) in [6.45, 7) is 6.07. The smallest absolute Gasteiger partial charge is 0.206 e. The Morgan fingerprint density at radius 2 is 1.71 bits per heavy atom. The van der Waals surface area contributed by atoms with Gasteiger partial charge in [0.05, 0.1) is 0 Å². The molecule has 122 valence electrons. The minimum atomic E-state index is -0.0984. The summed E-state index contributed by atoms with van der Waals surface area (Å²) in [5.74, 6) is 0.163. The molecule has 2 aromatic carbocycles. The lowest BCUT2D eigenvalue weighted by molar-refractivity contribution is 0.104. The monoisotopic (exact) mass is 337 g/mol. The number of hydrogen-bond acceptors (Lipinski definition) is 5. The lowest BCUT2D eigenvalue weighted by Crippen LogP contribution is -2.02. The van der Waals surface area contributed by atoms with Crippen LogP contribution in [-0.4, -0.2) is 10.8 Å². The van der Waals surface area contributed by atoms with Gasteiger partial charge in [0.15, 0.2) is 5.13 Å². The van der Waals surface area contributed by atoms with Crippen LogP contribution >= 0.6 is 11.3 Å². The molecule has 0 unspecified atom stereocenters. The summed E-state index contributed by atoms with van der Waals surface area (Å²) in [4.78, 5) is 17.4. The first-order chi connectivity index (χ1) is 11.4. The molecule has 0 fully saturated rings. The van der Waals surface area contributed by atoms with Crippen LogP contribution in [0.15, 0.2) is 42.5 Å². The first kappa shape index (κ1) is 16.2. The zero-order valence-electron chi connectivity index (χ0n) is 13.9. The van der Waals surface area contributed by atoms with Gasteiger partial charge in [-0.25, -0.2) is 4.98 Å². The van der Waals surface area contributed by atoms with Crippen molar-refractivity contribution in [2.45, 2.75) is 20.8 Å². The zero-order valence-corrected chi connectivity index (χ0v) is 14.7. The summed E-state index contributed by atoms with van der Waals surface area (Å²) in [5, 5.41) is 3.87.